The zero-order valence-corrected chi connectivity index (χ0v) is 12.4. The molecule has 0 fully saturated rings. The maximum atomic E-state index is 11.7. The summed E-state index contributed by atoms with van der Waals surface area (Å²) in [6.07, 6.45) is 1.84. The summed E-state index contributed by atoms with van der Waals surface area (Å²) in [6, 6.07) is 7.64. The number of thioether (sulfide) groups is 1. The van der Waals surface area contributed by atoms with E-state index in [9.17, 15) is 9.59 Å². The van der Waals surface area contributed by atoms with Crippen LogP contribution in [0.1, 0.15) is 0 Å². The minimum absolute atomic E-state index is 0.0154. The van der Waals surface area contributed by atoms with Crippen molar-refractivity contribution in [1.82, 2.24) is 9.47 Å². The number of ether oxygens (including phenoxy) is 1. The van der Waals surface area contributed by atoms with E-state index in [-0.39, 0.29) is 17.8 Å². The number of esters is 1. The minimum atomic E-state index is -0.288. The molecule has 6 heteroatoms. The molecule has 0 aliphatic carbocycles. The van der Waals surface area contributed by atoms with Gasteiger partial charge in [0.15, 0.2) is 0 Å². The van der Waals surface area contributed by atoms with Crippen LogP contribution >= 0.6 is 11.8 Å². The van der Waals surface area contributed by atoms with Crippen molar-refractivity contribution in [3.8, 4) is 0 Å². The lowest BCUT2D eigenvalue weighted by molar-refractivity contribution is -0.141. The largest absolute Gasteiger partial charge is 0.468 e. The molecule has 20 heavy (non-hydrogen) atoms. The maximum Gasteiger partial charge on any atom is 0.325 e. The molecule has 0 saturated carbocycles. The lowest BCUT2D eigenvalue weighted by Crippen LogP contribution is -2.15. The molecule has 0 radical (unpaired) electrons. The molecule has 0 aliphatic rings. The van der Waals surface area contributed by atoms with Crippen LogP contribution in [0.5, 0.6) is 0 Å². The molecule has 0 atom stereocenters. The third-order valence-electron chi connectivity index (χ3n) is 2.84. The van der Waals surface area contributed by atoms with Gasteiger partial charge in [0.25, 0.3) is 5.24 Å². The predicted octanol–water partition coefficient (Wildman–Crippen LogP) is 2.59. The number of methoxy groups -OCH3 is 1. The van der Waals surface area contributed by atoms with E-state index in [0.717, 1.165) is 15.8 Å². The monoisotopic (exact) mass is 292 g/mol. The van der Waals surface area contributed by atoms with Crippen molar-refractivity contribution in [2.24, 2.45) is 0 Å². The van der Waals surface area contributed by atoms with Gasteiger partial charge in [-0.3, -0.25) is 9.59 Å². The van der Waals surface area contributed by atoms with Crippen molar-refractivity contribution >= 4 is 33.9 Å². The van der Waals surface area contributed by atoms with E-state index >= 15 is 0 Å². The summed E-state index contributed by atoms with van der Waals surface area (Å²) in [5.41, 5.74) is 0.942. The van der Waals surface area contributed by atoms with Gasteiger partial charge < -0.3 is 14.2 Å². The first kappa shape index (κ1) is 14.5. The Balaban J connectivity index is 2.24. The number of aromatic nitrogens is 1. The Hall–Kier alpha value is -1.95. The quantitative estimate of drug-likeness (QED) is 0.644. The first-order chi connectivity index (χ1) is 9.51. The highest BCUT2D eigenvalue weighted by Crippen LogP contribution is 2.26. The van der Waals surface area contributed by atoms with Gasteiger partial charge in [0.1, 0.15) is 6.54 Å². The second kappa shape index (κ2) is 6.00. The number of rotatable bonds is 3. The summed E-state index contributed by atoms with van der Waals surface area (Å²) in [6.45, 7) is 0.184. The summed E-state index contributed by atoms with van der Waals surface area (Å²) >= 11 is 1.18. The Kier molecular flexibility index (Phi) is 4.34. The number of fused-ring (bicyclic) bond motifs is 1. The Labute approximate surface area is 121 Å². The van der Waals surface area contributed by atoms with Crippen LogP contribution in [0.25, 0.3) is 10.9 Å². The highest BCUT2D eigenvalue weighted by molar-refractivity contribution is 8.13. The van der Waals surface area contributed by atoms with E-state index in [1.165, 1.54) is 23.8 Å². The topological polar surface area (TPSA) is 51.5 Å². The van der Waals surface area contributed by atoms with Gasteiger partial charge in [0.2, 0.25) is 0 Å². The van der Waals surface area contributed by atoms with Crippen LogP contribution in [0.15, 0.2) is 35.4 Å². The third-order valence-corrected chi connectivity index (χ3v) is 3.87. The summed E-state index contributed by atoms with van der Waals surface area (Å²) in [5.74, 6) is -0.288. The Bertz CT molecular complexity index is 649. The molecule has 0 aliphatic heterocycles. The summed E-state index contributed by atoms with van der Waals surface area (Å²) in [7, 11) is 4.82. The molecule has 2 rings (SSSR count). The van der Waals surface area contributed by atoms with Crippen molar-refractivity contribution in [3.05, 3.63) is 30.5 Å². The second-order valence-electron chi connectivity index (χ2n) is 4.50. The normalized spacial score (nSPS) is 10.6. The van der Waals surface area contributed by atoms with Gasteiger partial charge in [-0.2, -0.15) is 0 Å². The maximum absolute atomic E-state index is 11.7. The van der Waals surface area contributed by atoms with Gasteiger partial charge in [-0.15, -0.1) is 0 Å². The second-order valence-corrected chi connectivity index (χ2v) is 5.53. The van der Waals surface area contributed by atoms with Crippen molar-refractivity contribution in [2.75, 3.05) is 21.2 Å². The summed E-state index contributed by atoms with van der Waals surface area (Å²) in [5, 5.41) is 0.976. The molecule has 0 N–H and O–H groups in total. The van der Waals surface area contributed by atoms with Crippen LogP contribution < -0.4 is 0 Å². The van der Waals surface area contributed by atoms with Crippen molar-refractivity contribution in [1.29, 1.82) is 0 Å². The molecule has 0 bridgehead atoms. The molecule has 0 spiro atoms. The predicted molar refractivity (Wildman–Crippen MR) is 78.9 cm³/mol. The molecule has 0 saturated heterocycles. The first-order valence-electron chi connectivity index (χ1n) is 6.06. The van der Waals surface area contributed by atoms with Gasteiger partial charge in [0.05, 0.1) is 7.11 Å². The average Bonchev–Trinajstić information content (AvgIpc) is 2.81. The lowest BCUT2D eigenvalue weighted by atomic mass is 10.2. The zero-order valence-electron chi connectivity index (χ0n) is 11.6. The standard InChI is InChI=1S/C14H16N2O3S/c1-15(2)14(18)20-11-4-5-12-10(8-11)6-7-16(12)9-13(17)19-3/h4-8H,9H2,1-3H3. The van der Waals surface area contributed by atoms with E-state index in [2.05, 4.69) is 4.74 Å². The van der Waals surface area contributed by atoms with Gasteiger partial charge in [-0.1, -0.05) is 0 Å². The summed E-state index contributed by atoms with van der Waals surface area (Å²) in [4.78, 5) is 25.4. The van der Waals surface area contributed by atoms with E-state index in [0.29, 0.717) is 0 Å². The van der Waals surface area contributed by atoms with E-state index < -0.39 is 0 Å². The number of benzene rings is 1. The number of hydrogen-bond acceptors (Lipinski definition) is 4. The Morgan fingerprint density at radius 2 is 2.05 bits per heavy atom. The fourth-order valence-corrected chi connectivity index (χ4v) is 2.48. The van der Waals surface area contributed by atoms with E-state index in [1.807, 2.05) is 35.0 Å². The molecular weight excluding hydrogens is 276 g/mol. The number of carbonyl (C=O) groups excluding carboxylic acids is 2. The molecule has 1 amide bonds. The van der Waals surface area contributed by atoms with Gasteiger partial charge in [-0.25, -0.2) is 0 Å². The van der Waals surface area contributed by atoms with Gasteiger partial charge in [0, 0.05) is 36.1 Å². The van der Waals surface area contributed by atoms with Gasteiger partial charge >= 0.3 is 5.97 Å². The highest BCUT2D eigenvalue weighted by Gasteiger charge is 2.10. The molecule has 106 valence electrons. The van der Waals surface area contributed by atoms with Crippen LogP contribution in [0.4, 0.5) is 4.79 Å². The molecule has 5 nitrogen and oxygen atoms in total. The molecule has 1 aromatic carbocycles. The molecular formula is C14H16N2O3S. The number of nitrogens with zero attached hydrogens (tertiary/aromatic N) is 2. The zero-order chi connectivity index (χ0) is 14.7. The molecule has 1 heterocycles. The van der Waals surface area contributed by atoms with Crippen LogP contribution in [0, 0.1) is 0 Å². The summed E-state index contributed by atoms with van der Waals surface area (Å²) < 4.78 is 6.48. The van der Waals surface area contributed by atoms with Crippen LogP contribution in [0.2, 0.25) is 0 Å². The molecule has 0 unspecified atom stereocenters. The fourth-order valence-electron chi connectivity index (χ4n) is 1.78. The first-order valence-corrected chi connectivity index (χ1v) is 6.88. The van der Waals surface area contributed by atoms with Crippen LogP contribution in [-0.4, -0.2) is 41.9 Å². The van der Waals surface area contributed by atoms with Crippen LogP contribution in [0.3, 0.4) is 0 Å². The molecule has 2 aromatic rings. The Morgan fingerprint density at radius 3 is 2.70 bits per heavy atom. The Morgan fingerprint density at radius 1 is 1.30 bits per heavy atom. The van der Waals surface area contributed by atoms with Crippen molar-refractivity contribution < 1.29 is 14.3 Å². The number of carbonyl (C=O) groups is 2. The fraction of sp³-hybridized carbons (Fsp3) is 0.286. The van der Waals surface area contributed by atoms with Crippen molar-refractivity contribution in [3.63, 3.8) is 0 Å². The number of hydrogen-bond donors (Lipinski definition) is 0. The SMILES string of the molecule is COC(=O)Cn1ccc2cc(SC(=O)N(C)C)ccc21. The highest BCUT2D eigenvalue weighted by atomic mass is 32.2. The van der Waals surface area contributed by atoms with Crippen molar-refractivity contribution in [2.45, 2.75) is 11.4 Å². The minimum Gasteiger partial charge on any atom is -0.468 e. The average molecular weight is 292 g/mol. The third kappa shape index (κ3) is 3.14. The van der Waals surface area contributed by atoms with E-state index in [1.54, 1.807) is 14.1 Å². The molecule has 1 aromatic heterocycles. The van der Waals surface area contributed by atoms with Crippen LogP contribution in [-0.2, 0) is 16.1 Å². The number of amides is 1. The lowest BCUT2D eigenvalue weighted by Gasteiger charge is -2.09. The smallest absolute Gasteiger partial charge is 0.325 e. The van der Waals surface area contributed by atoms with E-state index in [4.69, 9.17) is 0 Å². The van der Waals surface area contributed by atoms with Gasteiger partial charge in [-0.05, 0) is 36.0 Å².